The zero-order chi connectivity index (χ0) is 17.9. The van der Waals surface area contributed by atoms with Crippen LogP contribution < -0.4 is 15.4 Å². The van der Waals surface area contributed by atoms with Crippen molar-refractivity contribution in [2.75, 3.05) is 19.1 Å². The first-order valence-corrected chi connectivity index (χ1v) is 6.95. The highest BCUT2D eigenvalue weighted by atomic mass is 19.1. The molecule has 126 valence electrons. The Kier molecular flexibility index (Phi) is 4.98. The second-order valence-electron chi connectivity index (χ2n) is 5.15. The van der Waals surface area contributed by atoms with Crippen molar-refractivity contribution >= 4 is 17.3 Å². The second-order valence-corrected chi connectivity index (χ2v) is 5.15. The zero-order valence-electron chi connectivity index (χ0n) is 13.2. The Bertz CT molecular complexity index is 795. The molecule has 0 aliphatic heterocycles. The summed E-state index contributed by atoms with van der Waals surface area (Å²) in [4.78, 5) is 23.4. The summed E-state index contributed by atoms with van der Waals surface area (Å²) in [6.07, 6.45) is 0. The Morgan fingerprint density at radius 2 is 2.04 bits per heavy atom. The maximum atomic E-state index is 13.7. The number of hydrogen-bond acceptors (Lipinski definition) is 5. The van der Waals surface area contributed by atoms with E-state index in [0.717, 1.165) is 6.07 Å². The first-order valence-electron chi connectivity index (χ1n) is 6.95. The molecule has 0 atom stereocenters. The van der Waals surface area contributed by atoms with Gasteiger partial charge in [0, 0.05) is 25.2 Å². The second kappa shape index (κ2) is 6.95. The highest BCUT2D eigenvalue weighted by Crippen LogP contribution is 2.30. The summed E-state index contributed by atoms with van der Waals surface area (Å²) in [5.41, 5.74) is 5.86. The number of benzene rings is 2. The van der Waals surface area contributed by atoms with Crippen LogP contribution in [0.3, 0.4) is 0 Å². The molecule has 0 aliphatic rings. The fourth-order valence-electron chi connectivity index (χ4n) is 2.31. The average Bonchev–Trinajstić information content (AvgIpc) is 2.54. The van der Waals surface area contributed by atoms with Crippen LogP contribution in [0.15, 0.2) is 36.4 Å². The van der Waals surface area contributed by atoms with Crippen molar-refractivity contribution in [2.45, 2.75) is 6.54 Å². The Hall–Kier alpha value is -3.16. The van der Waals surface area contributed by atoms with Crippen molar-refractivity contribution in [3.05, 3.63) is 63.5 Å². The SMILES string of the molecule is COc1ccc(CN(C)c2ccc(C(N)=O)cc2[N+](=O)[O-])cc1F. The van der Waals surface area contributed by atoms with E-state index in [1.807, 2.05) is 0 Å². The van der Waals surface area contributed by atoms with Crippen LogP contribution >= 0.6 is 0 Å². The summed E-state index contributed by atoms with van der Waals surface area (Å²) in [5.74, 6) is -1.13. The molecule has 2 aromatic rings. The average molecular weight is 333 g/mol. The lowest BCUT2D eigenvalue weighted by Crippen LogP contribution is -2.19. The number of nitrogens with zero attached hydrogens (tertiary/aromatic N) is 2. The molecule has 8 heteroatoms. The third kappa shape index (κ3) is 3.60. The summed E-state index contributed by atoms with van der Waals surface area (Å²) >= 11 is 0. The van der Waals surface area contributed by atoms with E-state index in [2.05, 4.69) is 0 Å². The molecule has 0 radical (unpaired) electrons. The van der Waals surface area contributed by atoms with Crippen LogP contribution in [0.5, 0.6) is 5.75 Å². The van der Waals surface area contributed by atoms with Crippen LogP contribution in [-0.4, -0.2) is 25.0 Å². The van der Waals surface area contributed by atoms with Gasteiger partial charge < -0.3 is 15.4 Å². The van der Waals surface area contributed by atoms with Gasteiger partial charge in [-0.15, -0.1) is 0 Å². The molecule has 0 saturated heterocycles. The first kappa shape index (κ1) is 17.2. The number of nitro benzene ring substituents is 1. The maximum Gasteiger partial charge on any atom is 0.293 e. The standard InChI is InChI=1S/C16H16FN3O4/c1-19(9-10-3-6-15(24-2)12(17)7-10)13-5-4-11(16(18)21)8-14(13)20(22)23/h3-8H,9H2,1-2H3,(H2,18,21). The van der Waals surface area contributed by atoms with Crippen molar-refractivity contribution in [2.24, 2.45) is 5.73 Å². The van der Waals surface area contributed by atoms with Crippen LogP contribution in [0.1, 0.15) is 15.9 Å². The Balaban J connectivity index is 2.32. The number of nitro groups is 1. The molecule has 7 nitrogen and oxygen atoms in total. The molecule has 1 amide bonds. The van der Waals surface area contributed by atoms with Gasteiger partial charge in [-0.2, -0.15) is 0 Å². The highest BCUT2D eigenvalue weighted by Gasteiger charge is 2.20. The number of carbonyl (C=O) groups is 1. The van der Waals surface area contributed by atoms with Gasteiger partial charge in [0.25, 0.3) is 5.69 Å². The molecule has 0 aromatic heterocycles. The lowest BCUT2D eigenvalue weighted by Gasteiger charge is -2.20. The van der Waals surface area contributed by atoms with E-state index < -0.39 is 16.6 Å². The van der Waals surface area contributed by atoms with Crippen molar-refractivity contribution < 1.29 is 18.8 Å². The number of halogens is 1. The van der Waals surface area contributed by atoms with Crippen molar-refractivity contribution in [3.8, 4) is 5.75 Å². The van der Waals surface area contributed by atoms with Crippen LogP contribution in [0.4, 0.5) is 15.8 Å². The fraction of sp³-hybridized carbons (Fsp3) is 0.188. The highest BCUT2D eigenvalue weighted by molar-refractivity contribution is 5.94. The number of carbonyl (C=O) groups excluding carboxylic acids is 1. The summed E-state index contributed by atoms with van der Waals surface area (Å²) in [6, 6.07) is 8.45. The fourth-order valence-corrected chi connectivity index (χ4v) is 2.31. The minimum Gasteiger partial charge on any atom is -0.494 e. The maximum absolute atomic E-state index is 13.7. The molecular formula is C16H16FN3O4. The molecule has 0 aliphatic carbocycles. The van der Waals surface area contributed by atoms with Gasteiger partial charge in [-0.25, -0.2) is 4.39 Å². The van der Waals surface area contributed by atoms with Crippen LogP contribution in [0.2, 0.25) is 0 Å². The van der Waals surface area contributed by atoms with Crippen molar-refractivity contribution in [1.82, 2.24) is 0 Å². The van der Waals surface area contributed by atoms with Gasteiger partial charge in [0.1, 0.15) is 5.69 Å². The number of rotatable bonds is 6. The predicted molar refractivity (Wildman–Crippen MR) is 86.7 cm³/mol. The predicted octanol–water partition coefficient (Wildman–Crippen LogP) is 2.48. The smallest absolute Gasteiger partial charge is 0.293 e. The molecule has 0 saturated carbocycles. The number of amides is 1. The minimum absolute atomic E-state index is 0.0503. The molecule has 0 heterocycles. The van der Waals surface area contributed by atoms with Gasteiger partial charge >= 0.3 is 0 Å². The summed E-state index contributed by atoms with van der Waals surface area (Å²) in [6.45, 7) is 0.234. The van der Waals surface area contributed by atoms with Gasteiger partial charge in [0.2, 0.25) is 5.91 Å². The number of anilines is 1. The number of primary amides is 1. The largest absolute Gasteiger partial charge is 0.494 e. The lowest BCUT2D eigenvalue weighted by molar-refractivity contribution is -0.384. The van der Waals surface area contributed by atoms with E-state index in [4.69, 9.17) is 10.5 Å². The molecule has 0 unspecified atom stereocenters. The monoisotopic (exact) mass is 333 g/mol. The number of methoxy groups -OCH3 is 1. The van der Waals surface area contributed by atoms with Crippen LogP contribution in [-0.2, 0) is 6.54 Å². The number of hydrogen-bond donors (Lipinski definition) is 1. The van der Waals surface area contributed by atoms with Crippen molar-refractivity contribution in [3.63, 3.8) is 0 Å². The van der Waals surface area contributed by atoms with Crippen LogP contribution in [0.25, 0.3) is 0 Å². The molecule has 2 N–H and O–H groups in total. The van der Waals surface area contributed by atoms with Gasteiger partial charge in [-0.05, 0) is 29.8 Å². The third-order valence-corrected chi connectivity index (χ3v) is 3.50. The van der Waals surface area contributed by atoms with E-state index in [1.165, 1.54) is 31.4 Å². The minimum atomic E-state index is -0.746. The number of nitrogens with two attached hydrogens (primary N) is 1. The molecule has 0 spiro atoms. The normalized spacial score (nSPS) is 10.3. The third-order valence-electron chi connectivity index (χ3n) is 3.50. The Morgan fingerprint density at radius 1 is 1.33 bits per heavy atom. The van der Waals surface area contributed by atoms with E-state index in [9.17, 15) is 19.3 Å². The van der Waals surface area contributed by atoms with Gasteiger partial charge in [0.15, 0.2) is 11.6 Å². The van der Waals surface area contributed by atoms with E-state index >= 15 is 0 Å². The van der Waals surface area contributed by atoms with Crippen LogP contribution in [0, 0.1) is 15.9 Å². The molecule has 0 fully saturated rings. The summed E-state index contributed by atoms with van der Waals surface area (Å²) in [5, 5.41) is 11.2. The van der Waals surface area contributed by atoms with Crippen molar-refractivity contribution in [1.29, 1.82) is 0 Å². The molecule has 24 heavy (non-hydrogen) atoms. The lowest BCUT2D eigenvalue weighted by atomic mass is 10.1. The summed E-state index contributed by atoms with van der Waals surface area (Å²) < 4.78 is 18.6. The topological polar surface area (TPSA) is 98.7 Å². The van der Waals surface area contributed by atoms with Gasteiger partial charge in [-0.1, -0.05) is 6.07 Å². The molecule has 2 rings (SSSR count). The number of ether oxygens (including phenoxy) is 1. The van der Waals surface area contributed by atoms with E-state index in [0.29, 0.717) is 11.3 Å². The molecule has 2 aromatic carbocycles. The Morgan fingerprint density at radius 3 is 2.58 bits per heavy atom. The summed E-state index contributed by atoms with van der Waals surface area (Å²) in [7, 11) is 3.00. The van der Waals surface area contributed by atoms with E-state index in [1.54, 1.807) is 18.0 Å². The quantitative estimate of drug-likeness (QED) is 0.647. The molecule has 0 bridgehead atoms. The van der Waals surface area contributed by atoms with Gasteiger partial charge in [0.05, 0.1) is 12.0 Å². The van der Waals surface area contributed by atoms with E-state index in [-0.39, 0.29) is 23.5 Å². The van der Waals surface area contributed by atoms with Gasteiger partial charge in [-0.3, -0.25) is 14.9 Å². The Labute approximate surface area is 137 Å². The molecular weight excluding hydrogens is 317 g/mol. The first-order chi connectivity index (χ1) is 11.3. The zero-order valence-corrected chi connectivity index (χ0v) is 13.2.